The summed E-state index contributed by atoms with van der Waals surface area (Å²) in [6.45, 7) is 1.97. The second-order valence-corrected chi connectivity index (χ2v) is 7.05. The van der Waals surface area contributed by atoms with Gasteiger partial charge in [-0.05, 0) is 30.7 Å². The molecule has 1 N–H and O–H groups in total. The number of hydrogen-bond donors (Lipinski definition) is 1. The quantitative estimate of drug-likeness (QED) is 0.740. The highest BCUT2D eigenvalue weighted by Gasteiger charge is 2.11. The summed E-state index contributed by atoms with van der Waals surface area (Å²) in [6.07, 6.45) is 2.30. The lowest BCUT2D eigenvalue weighted by atomic mass is 10.3. The van der Waals surface area contributed by atoms with Gasteiger partial charge in [-0.3, -0.25) is 14.2 Å². The highest BCUT2D eigenvalue weighted by atomic mass is 79.9. The number of anilines is 1. The van der Waals surface area contributed by atoms with Crippen LogP contribution in [0, 0.1) is 0 Å². The lowest BCUT2D eigenvalue weighted by Crippen LogP contribution is -2.27. The Morgan fingerprint density at radius 3 is 2.96 bits per heavy atom. The van der Waals surface area contributed by atoms with E-state index >= 15 is 0 Å². The number of fused-ring (bicyclic) bond motifs is 1. The van der Waals surface area contributed by atoms with Crippen molar-refractivity contribution in [1.29, 1.82) is 0 Å². The van der Waals surface area contributed by atoms with E-state index in [0.29, 0.717) is 11.1 Å². The smallest absolute Gasteiger partial charge is 0.262 e. The summed E-state index contributed by atoms with van der Waals surface area (Å²) >= 11 is 4.86. The van der Waals surface area contributed by atoms with Gasteiger partial charge in [0.05, 0.1) is 11.7 Å². The number of carbonyl (C=O) groups is 1. The van der Waals surface area contributed by atoms with E-state index in [4.69, 9.17) is 0 Å². The number of benzene rings is 1. The molecular formula is C16H14BrN3O2S. The number of aryl methyl sites for hydroxylation is 1. The van der Waals surface area contributed by atoms with E-state index in [2.05, 4.69) is 26.2 Å². The fourth-order valence-corrected chi connectivity index (χ4v) is 3.54. The number of nitrogens with zero attached hydrogens (tertiary/aromatic N) is 2. The van der Waals surface area contributed by atoms with Crippen LogP contribution in [0.1, 0.15) is 11.8 Å². The Bertz CT molecular complexity index is 932. The highest BCUT2D eigenvalue weighted by Crippen LogP contribution is 2.21. The van der Waals surface area contributed by atoms with Gasteiger partial charge in [0.25, 0.3) is 5.56 Å². The monoisotopic (exact) mass is 391 g/mol. The Labute approximate surface area is 145 Å². The Morgan fingerprint density at radius 2 is 2.22 bits per heavy atom. The van der Waals surface area contributed by atoms with Crippen molar-refractivity contribution in [3.8, 4) is 0 Å². The number of halogens is 1. The zero-order chi connectivity index (χ0) is 16.4. The van der Waals surface area contributed by atoms with Crippen molar-refractivity contribution >= 4 is 49.1 Å². The van der Waals surface area contributed by atoms with Gasteiger partial charge in [-0.15, -0.1) is 11.3 Å². The first-order valence-corrected chi connectivity index (χ1v) is 8.71. The number of amides is 1. The van der Waals surface area contributed by atoms with Gasteiger partial charge in [0.1, 0.15) is 11.4 Å². The molecule has 0 aliphatic rings. The van der Waals surface area contributed by atoms with Crippen molar-refractivity contribution in [2.45, 2.75) is 19.9 Å². The normalized spacial score (nSPS) is 10.9. The molecule has 0 aliphatic heterocycles. The molecule has 23 heavy (non-hydrogen) atoms. The van der Waals surface area contributed by atoms with E-state index in [-0.39, 0.29) is 18.0 Å². The van der Waals surface area contributed by atoms with Crippen LogP contribution in [0.3, 0.4) is 0 Å². The summed E-state index contributed by atoms with van der Waals surface area (Å²) in [5.41, 5.74) is 0.491. The number of aromatic nitrogens is 2. The maximum absolute atomic E-state index is 12.4. The Balaban J connectivity index is 1.82. The Morgan fingerprint density at radius 1 is 1.39 bits per heavy atom. The molecule has 0 aliphatic carbocycles. The number of hydrogen-bond acceptors (Lipinski definition) is 4. The van der Waals surface area contributed by atoms with Crippen molar-refractivity contribution in [2.24, 2.45) is 0 Å². The topological polar surface area (TPSA) is 64.0 Å². The van der Waals surface area contributed by atoms with Gasteiger partial charge in [0, 0.05) is 15.0 Å². The predicted molar refractivity (Wildman–Crippen MR) is 96.0 cm³/mol. The standard InChI is InChI=1S/C16H14BrN3O2S/c1-2-12-7-13-15(23-12)18-9-20(16(13)22)8-14(21)19-11-5-3-4-10(17)6-11/h3-7,9H,2,8H2,1H3,(H,19,21). The van der Waals surface area contributed by atoms with E-state index in [1.165, 1.54) is 22.2 Å². The summed E-state index contributed by atoms with van der Waals surface area (Å²) in [6, 6.07) is 9.16. The molecule has 1 amide bonds. The summed E-state index contributed by atoms with van der Waals surface area (Å²) < 4.78 is 2.21. The SMILES string of the molecule is CCc1cc2c(=O)n(CC(=O)Nc3cccc(Br)c3)cnc2s1. The molecule has 7 heteroatoms. The minimum Gasteiger partial charge on any atom is -0.324 e. The summed E-state index contributed by atoms with van der Waals surface area (Å²) in [4.78, 5) is 30.7. The highest BCUT2D eigenvalue weighted by molar-refractivity contribution is 9.10. The molecule has 0 bridgehead atoms. The molecule has 0 unspecified atom stereocenters. The molecule has 118 valence electrons. The summed E-state index contributed by atoms with van der Waals surface area (Å²) in [7, 11) is 0. The molecule has 2 aromatic heterocycles. The van der Waals surface area contributed by atoms with Crippen LogP contribution in [0.15, 0.2) is 45.9 Å². The first kappa shape index (κ1) is 15.9. The maximum atomic E-state index is 12.4. The molecule has 0 saturated carbocycles. The van der Waals surface area contributed by atoms with Crippen molar-refractivity contribution in [3.05, 3.63) is 56.4 Å². The molecule has 2 heterocycles. The van der Waals surface area contributed by atoms with Crippen LogP contribution in [0.4, 0.5) is 5.69 Å². The lowest BCUT2D eigenvalue weighted by molar-refractivity contribution is -0.116. The van der Waals surface area contributed by atoms with Crippen LogP contribution < -0.4 is 10.9 Å². The van der Waals surface area contributed by atoms with Crippen molar-refractivity contribution in [1.82, 2.24) is 9.55 Å². The zero-order valence-electron chi connectivity index (χ0n) is 12.4. The summed E-state index contributed by atoms with van der Waals surface area (Å²) in [5.74, 6) is -0.266. The number of rotatable bonds is 4. The first-order chi connectivity index (χ1) is 11.1. The molecule has 1 aromatic carbocycles. The van der Waals surface area contributed by atoms with Crippen LogP contribution >= 0.6 is 27.3 Å². The van der Waals surface area contributed by atoms with Gasteiger partial charge in [-0.2, -0.15) is 0 Å². The average molecular weight is 392 g/mol. The first-order valence-electron chi connectivity index (χ1n) is 7.10. The lowest BCUT2D eigenvalue weighted by Gasteiger charge is -2.07. The molecule has 0 saturated heterocycles. The van der Waals surface area contributed by atoms with Gasteiger partial charge in [0.15, 0.2) is 0 Å². The molecule has 3 rings (SSSR count). The van der Waals surface area contributed by atoms with Gasteiger partial charge >= 0.3 is 0 Å². The van der Waals surface area contributed by atoms with E-state index in [1.54, 1.807) is 12.1 Å². The van der Waals surface area contributed by atoms with Crippen molar-refractivity contribution in [3.63, 3.8) is 0 Å². The van der Waals surface area contributed by atoms with E-state index in [9.17, 15) is 9.59 Å². The molecule has 3 aromatic rings. The van der Waals surface area contributed by atoms with Crippen LogP contribution in [-0.4, -0.2) is 15.5 Å². The average Bonchev–Trinajstić information content (AvgIpc) is 2.94. The Kier molecular flexibility index (Phi) is 4.58. The molecule has 0 radical (unpaired) electrons. The number of nitrogens with one attached hydrogen (secondary N) is 1. The Hall–Kier alpha value is -1.99. The second-order valence-electron chi connectivity index (χ2n) is 5.02. The zero-order valence-corrected chi connectivity index (χ0v) is 14.8. The largest absolute Gasteiger partial charge is 0.324 e. The van der Waals surface area contributed by atoms with Crippen LogP contribution in [0.5, 0.6) is 0 Å². The fraction of sp³-hybridized carbons (Fsp3) is 0.188. The van der Waals surface area contributed by atoms with E-state index in [1.807, 2.05) is 25.1 Å². The third-order valence-corrected chi connectivity index (χ3v) is 5.02. The van der Waals surface area contributed by atoms with Crippen molar-refractivity contribution in [2.75, 3.05) is 5.32 Å². The minimum absolute atomic E-state index is 0.0639. The van der Waals surface area contributed by atoms with Crippen LogP contribution in [0.25, 0.3) is 10.2 Å². The van der Waals surface area contributed by atoms with Gasteiger partial charge in [-0.25, -0.2) is 4.98 Å². The third-order valence-electron chi connectivity index (χ3n) is 3.34. The molecule has 5 nitrogen and oxygen atoms in total. The molecule has 0 fully saturated rings. The number of carbonyl (C=O) groups excluding carboxylic acids is 1. The van der Waals surface area contributed by atoms with Crippen molar-refractivity contribution < 1.29 is 4.79 Å². The molecular weight excluding hydrogens is 378 g/mol. The summed E-state index contributed by atoms with van der Waals surface area (Å²) in [5, 5.41) is 3.34. The molecule has 0 atom stereocenters. The van der Waals surface area contributed by atoms with E-state index in [0.717, 1.165) is 20.6 Å². The van der Waals surface area contributed by atoms with Crippen LogP contribution in [-0.2, 0) is 17.8 Å². The van der Waals surface area contributed by atoms with Gasteiger partial charge in [-0.1, -0.05) is 28.9 Å². The van der Waals surface area contributed by atoms with E-state index < -0.39 is 0 Å². The van der Waals surface area contributed by atoms with Gasteiger partial charge in [0.2, 0.25) is 5.91 Å². The maximum Gasteiger partial charge on any atom is 0.262 e. The number of thiophene rings is 1. The fourth-order valence-electron chi connectivity index (χ4n) is 2.22. The molecule has 0 spiro atoms. The van der Waals surface area contributed by atoms with Gasteiger partial charge < -0.3 is 5.32 Å². The predicted octanol–water partition coefficient (Wildman–Crippen LogP) is 3.42. The minimum atomic E-state index is -0.266. The second kappa shape index (κ2) is 6.64. The third kappa shape index (κ3) is 3.51. The van der Waals surface area contributed by atoms with Crippen LogP contribution in [0.2, 0.25) is 0 Å².